The van der Waals surface area contributed by atoms with E-state index in [-0.39, 0.29) is 24.7 Å². The Hall–Kier alpha value is -1.66. The topological polar surface area (TPSA) is 94.2 Å². The molecule has 0 aliphatic rings. The molecule has 0 bridgehead atoms. The Labute approximate surface area is 99.5 Å². The second-order valence-electron chi connectivity index (χ2n) is 3.38. The zero-order chi connectivity index (χ0) is 12.8. The Morgan fingerprint density at radius 2 is 2.00 bits per heavy atom. The summed E-state index contributed by atoms with van der Waals surface area (Å²) in [5.41, 5.74) is 5.24. The molecule has 6 heteroatoms. The van der Waals surface area contributed by atoms with E-state index in [1.807, 2.05) is 0 Å². The number of hydrogen-bond donors (Lipinski definition) is 3. The summed E-state index contributed by atoms with van der Waals surface area (Å²) in [6, 6.07) is 2.94. The molecule has 0 aliphatic heterocycles. The van der Waals surface area contributed by atoms with Gasteiger partial charge >= 0.3 is 0 Å². The smallest absolute Gasteiger partial charge is 0.203 e. The average molecular weight is 243 g/mol. The molecule has 0 aromatic heterocycles. The lowest BCUT2D eigenvalue weighted by atomic mass is 10.2. The Bertz CT molecular complexity index is 369. The van der Waals surface area contributed by atoms with Gasteiger partial charge in [-0.1, -0.05) is 0 Å². The van der Waals surface area contributed by atoms with Crippen molar-refractivity contribution >= 4 is 0 Å². The summed E-state index contributed by atoms with van der Waals surface area (Å²) in [6.07, 6.45) is -0.745. The molecule has 6 nitrogen and oxygen atoms in total. The van der Waals surface area contributed by atoms with Gasteiger partial charge in [0, 0.05) is 18.7 Å². The van der Waals surface area contributed by atoms with Crippen LogP contribution in [0.3, 0.4) is 0 Å². The molecule has 4 N–H and O–H groups in total. The molecule has 0 fully saturated rings. The molecule has 1 aromatic rings. The molecule has 1 unspecified atom stereocenters. The zero-order valence-electron chi connectivity index (χ0n) is 9.84. The van der Waals surface area contributed by atoms with Gasteiger partial charge in [-0.3, -0.25) is 0 Å². The molecule has 1 aromatic carbocycles. The number of benzene rings is 1. The molecule has 1 atom stereocenters. The van der Waals surface area contributed by atoms with Gasteiger partial charge in [-0.25, -0.2) is 0 Å². The summed E-state index contributed by atoms with van der Waals surface area (Å²) >= 11 is 0. The number of phenols is 1. The van der Waals surface area contributed by atoms with Crippen molar-refractivity contribution in [2.24, 2.45) is 5.73 Å². The van der Waals surface area contributed by atoms with Crippen molar-refractivity contribution in [3.8, 4) is 23.0 Å². The minimum atomic E-state index is -0.745. The number of aliphatic hydroxyl groups excluding tert-OH is 1. The highest BCUT2D eigenvalue weighted by Gasteiger charge is 2.13. The van der Waals surface area contributed by atoms with E-state index in [1.54, 1.807) is 6.07 Å². The van der Waals surface area contributed by atoms with E-state index >= 15 is 0 Å². The predicted molar refractivity (Wildman–Crippen MR) is 61.8 cm³/mol. The Morgan fingerprint density at radius 1 is 1.29 bits per heavy atom. The molecule has 0 saturated carbocycles. The van der Waals surface area contributed by atoms with Gasteiger partial charge in [0.2, 0.25) is 5.75 Å². The number of rotatable bonds is 6. The molecule has 96 valence electrons. The minimum Gasteiger partial charge on any atom is -0.504 e. The van der Waals surface area contributed by atoms with Crippen LogP contribution in [0.15, 0.2) is 12.1 Å². The fourth-order valence-corrected chi connectivity index (χ4v) is 1.26. The lowest BCUT2D eigenvalue weighted by Crippen LogP contribution is -2.26. The van der Waals surface area contributed by atoms with Gasteiger partial charge < -0.3 is 30.2 Å². The zero-order valence-corrected chi connectivity index (χ0v) is 9.84. The Morgan fingerprint density at radius 3 is 2.53 bits per heavy atom. The van der Waals surface area contributed by atoms with Gasteiger partial charge in [-0.05, 0) is 0 Å². The van der Waals surface area contributed by atoms with Crippen molar-refractivity contribution in [2.75, 3.05) is 27.4 Å². The predicted octanol–water partition coefficient (Wildman–Crippen LogP) is 0.108. The molecule has 0 heterocycles. The lowest BCUT2D eigenvalue weighted by Gasteiger charge is -2.14. The first-order valence-corrected chi connectivity index (χ1v) is 5.08. The van der Waals surface area contributed by atoms with Crippen LogP contribution in [0.2, 0.25) is 0 Å². The molecule has 0 saturated heterocycles. The molecular weight excluding hydrogens is 226 g/mol. The van der Waals surface area contributed by atoms with Crippen molar-refractivity contribution in [1.29, 1.82) is 0 Å². The first kappa shape index (κ1) is 13.4. The molecule has 0 amide bonds. The van der Waals surface area contributed by atoms with Crippen LogP contribution in [-0.4, -0.2) is 43.7 Å². The third-order valence-electron chi connectivity index (χ3n) is 2.15. The number of hydrogen-bond acceptors (Lipinski definition) is 6. The number of aliphatic hydroxyl groups is 1. The second-order valence-corrected chi connectivity index (χ2v) is 3.38. The third kappa shape index (κ3) is 3.40. The van der Waals surface area contributed by atoms with E-state index in [4.69, 9.17) is 19.9 Å². The summed E-state index contributed by atoms with van der Waals surface area (Å²) in [5, 5.41) is 18.9. The summed E-state index contributed by atoms with van der Waals surface area (Å²) in [5.74, 6) is 0.862. The van der Waals surface area contributed by atoms with Crippen molar-refractivity contribution in [1.82, 2.24) is 0 Å². The van der Waals surface area contributed by atoms with E-state index in [1.165, 1.54) is 20.3 Å². The van der Waals surface area contributed by atoms with Crippen molar-refractivity contribution in [3.05, 3.63) is 12.1 Å². The number of methoxy groups -OCH3 is 2. The van der Waals surface area contributed by atoms with Crippen molar-refractivity contribution in [3.63, 3.8) is 0 Å². The van der Waals surface area contributed by atoms with Crippen LogP contribution >= 0.6 is 0 Å². The fourth-order valence-electron chi connectivity index (χ4n) is 1.26. The summed E-state index contributed by atoms with van der Waals surface area (Å²) in [7, 11) is 2.88. The van der Waals surface area contributed by atoms with E-state index in [0.717, 1.165) is 0 Å². The number of nitrogens with two attached hydrogens (primary N) is 1. The monoisotopic (exact) mass is 243 g/mol. The lowest BCUT2D eigenvalue weighted by molar-refractivity contribution is 0.114. The van der Waals surface area contributed by atoms with E-state index in [9.17, 15) is 10.2 Å². The largest absolute Gasteiger partial charge is 0.504 e. The highest BCUT2D eigenvalue weighted by Crippen LogP contribution is 2.39. The first-order chi connectivity index (χ1) is 8.12. The van der Waals surface area contributed by atoms with Crippen molar-refractivity contribution < 1.29 is 24.4 Å². The van der Waals surface area contributed by atoms with E-state index in [2.05, 4.69) is 0 Å². The maximum Gasteiger partial charge on any atom is 0.203 e. The number of ether oxygens (including phenoxy) is 3. The Kier molecular flexibility index (Phi) is 4.86. The maximum atomic E-state index is 9.65. The van der Waals surface area contributed by atoms with Crippen LogP contribution in [0.25, 0.3) is 0 Å². The minimum absolute atomic E-state index is 0.0470. The van der Waals surface area contributed by atoms with Gasteiger partial charge in [-0.15, -0.1) is 0 Å². The average Bonchev–Trinajstić information content (AvgIpc) is 2.34. The maximum absolute atomic E-state index is 9.65. The van der Waals surface area contributed by atoms with Gasteiger partial charge in [0.1, 0.15) is 18.5 Å². The van der Waals surface area contributed by atoms with Crippen LogP contribution in [-0.2, 0) is 0 Å². The highest BCUT2D eigenvalue weighted by molar-refractivity contribution is 5.55. The second kappa shape index (κ2) is 6.17. The van der Waals surface area contributed by atoms with Gasteiger partial charge in [0.25, 0.3) is 0 Å². The Balaban J connectivity index is 2.84. The van der Waals surface area contributed by atoms with Crippen LogP contribution in [0.5, 0.6) is 23.0 Å². The van der Waals surface area contributed by atoms with E-state index in [0.29, 0.717) is 11.5 Å². The number of phenolic OH excluding ortho intramolecular Hbond substituents is 1. The quantitative estimate of drug-likeness (QED) is 0.656. The van der Waals surface area contributed by atoms with Gasteiger partial charge in [0.15, 0.2) is 11.5 Å². The van der Waals surface area contributed by atoms with Crippen LogP contribution in [0.1, 0.15) is 0 Å². The van der Waals surface area contributed by atoms with Gasteiger partial charge in [0.05, 0.1) is 14.2 Å². The molecule has 17 heavy (non-hydrogen) atoms. The van der Waals surface area contributed by atoms with Crippen molar-refractivity contribution in [2.45, 2.75) is 6.10 Å². The summed E-state index contributed by atoms with van der Waals surface area (Å²) in [6.45, 7) is 0.157. The SMILES string of the molecule is COc1cc(OCC(O)CN)cc(O)c1OC. The summed E-state index contributed by atoms with van der Waals surface area (Å²) in [4.78, 5) is 0. The molecule has 1 rings (SSSR count). The first-order valence-electron chi connectivity index (χ1n) is 5.08. The van der Waals surface area contributed by atoms with Crippen LogP contribution in [0.4, 0.5) is 0 Å². The highest BCUT2D eigenvalue weighted by atomic mass is 16.5. The number of aromatic hydroxyl groups is 1. The summed E-state index contributed by atoms with van der Waals surface area (Å²) < 4.78 is 15.3. The van der Waals surface area contributed by atoms with Crippen LogP contribution in [0, 0.1) is 0 Å². The molecule has 0 aliphatic carbocycles. The normalized spacial score (nSPS) is 12.0. The molecular formula is C11H17NO5. The fraction of sp³-hybridized carbons (Fsp3) is 0.455. The van der Waals surface area contributed by atoms with Gasteiger partial charge in [-0.2, -0.15) is 0 Å². The standard InChI is InChI=1S/C11H17NO5/c1-15-10-4-8(17-6-7(13)5-12)3-9(14)11(10)16-2/h3-4,7,13-14H,5-6,12H2,1-2H3. The van der Waals surface area contributed by atoms with Crippen LogP contribution < -0.4 is 19.9 Å². The van der Waals surface area contributed by atoms with E-state index < -0.39 is 6.10 Å². The third-order valence-corrected chi connectivity index (χ3v) is 2.15. The molecule has 0 radical (unpaired) electrons. The molecule has 0 spiro atoms.